The highest BCUT2D eigenvalue weighted by molar-refractivity contribution is 6.01. The Labute approximate surface area is 236 Å². The van der Waals surface area contributed by atoms with Crippen LogP contribution in [0.1, 0.15) is 49.6 Å². The molecule has 3 aromatic rings. The van der Waals surface area contributed by atoms with Crippen molar-refractivity contribution in [3.05, 3.63) is 77.0 Å². The summed E-state index contributed by atoms with van der Waals surface area (Å²) in [6, 6.07) is 15.5. The number of hydrogen-bond acceptors (Lipinski definition) is 7. The number of anilines is 2. The summed E-state index contributed by atoms with van der Waals surface area (Å²) in [6.45, 7) is 9.07. The molecule has 1 aliphatic rings. The van der Waals surface area contributed by atoms with E-state index in [1.807, 2.05) is 61.2 Å². The molecule has 0 saturated carbocycles. The van der Waals surface area contributed by atoms with Crippen molar-refractivity contribution in [2.45, 2.75) is 51.8 Å². The number of hydroxylamine groups is 1. The maximum atomic E-state index is 13.1. The van der Waals surface area contributed by atoms with Gasteiger partial charge in [-0.05, 0) is 49.2 Å². The SMILES string of the molecule is C=O.CONCC(O)N(C)Cc1cccc(-n2nc(C(C)(C)C)cc2NC(=O)Nc2cccc3c2C=CCC3)c1. The van der Waals surface area contributed by atoms with E-state index >= 15 is 0 Å². The van der Waals surface area contributed by atoms with E-state index in [4.69, 9.17) is 14.7 Å². The number of amides is 2. The van der Waals surface area contributed by atoms with Gasteiger partial charge in [0.2, 0.25) is 0 Å². The van der Waals surface area contributed by atoms with E-state index in [2.05, 4.69) is 55.1 Å². The number of aliphatic hydroxyl groups excluding tert-OH is 1. The maximum absolute atomic E-state index is 13.1. The summed E-state index contributed by atoms with van der Waals surface area (Å²) < 4.78 is 1.76. The smallest absolute Gasteiger partial charge is 0.324 e. The lowest BCUT2D eigenvalue weighted by Gasteiger charge is -2.23. The Balaban J connectivity index is 0.00000216. The van der Waals surface area contributed by atoms with Gasteiger partial charge in [-0.2, -0.15) is 10.6 Å². The van der Waals surface area contributed by atoms with Crippen molar-refractivity contribution in [3.63, 3.8) is 0 Å². The summed E-state index contributed by atoms with van der Waals surface area (Å²) in [7, 11) is 3.36. The number of likely N-dealkylation sites (N-methyl/N-ethyl adjacent to an activating group) is 1. The number of hydrogen-bond donors (Lipinski definition) is 4. The highest BCUT2D eigenvalue weighted by atomic mass is 16.6. The predicted molar refractivity (Wildman–Crippen MR) is 158 cm³/mol. The molecule has 0 radical (unpaired) electrons. The number of urea groups is 1. The first-order valence-corrected chi connectivity index (χ1v) is 13.1. The number of carbonyl (C=O) groups excluding carboxylic acids is 2. The highest BCUT2D eigenvalue weighted by Gasteiger charge is 2.22. The molecule has 2 amide bonds. The quantitative estimate of drug-likeness (QED) is 0.230. The normalized spacial score (nSPS) is 13.3. The fraction of sp³-hybridized carbons (Fsp3) is 0.367. The average Bonchev–Trinajstić information content (AvgIpc) is 3.37. The largest absolute Gasteiger partial charge is 0.377 e. The third kappa shape index (κ3) is 7.86. The lowest BCUT2D eigenvalue weighted by atomic mass is 9.92. The number of nitrogens with zero attached hydrogens (tertiary/aromatic N) is 3. The van der Waals surface area contributed by atoms with Crippen LogP contribution in [-0.4, -0.2) is 59.5 Å². The summed E-state index contributed by atoms with van der Waals surface area (Å²) in [5, 5.41) is 21.2. The van der Waals surface area contributed by atoms with Gasteiger partial charge in [0, 0.05) is 29.3 Å². The Bertz CT molecular complexity index is 1310. The summed E-state index contributed by atoms with van der Waals surface area (Å²) in [5.41, 5.74) is 8.19. The van der Waals surface area contributed by atoms with Gasteiger partial charge in [0.25, 0.3) is 0 Å². The summed E-state index contributed by atoms with van der Waals surface area (Å²) in [6.07, 6.45) is 5.47. The molecule has 4 N–H and O–H groups in total. The van der Waals surface area contributed by atoms with Crippen LogP contribution in [0.2, 0.25) is 0 Å². The molecule has 0 bridgehead atoms. The lowest BCUT2D eigenvalue weighted by molar-refractivity contribution is -0.0980. The van der Waals surface area contributed by atoms with E-state index in [0.29, 0.717) is 12.4 Å². The van der Waals surface area contributed by atoms with Crippen LogP contribution in [0, 0.1) is 0 Å². The van der Waals surface area contributed by atoms with Crippen molar-refractivity contribution >= 4 is 30.4 Å². The molecule has 1 unspecified atom stereocenters. The molecule has 0 saturated heterocycles. The number of aliphatic hydroxyl groups is 1. The second-order valence-electron chi connectivity index (χ2n) is 10.6. The Morgan fingerprint density at radius 3 is 2.65 bits per heavy atom. The second kappa shape index (κ2) is 14.0. The number of allylic oxidation sites excluding steroid dienone is 1. The zero-order valence-corrected chi connectivity index (χ0v) is 23.9. The van der Waals surface area contributed by atoms with E-state index in [-0.39, 0.29) is 18.0 Å². The van der Waals surface area contributed by atoms with Gasteiger partial charge in [-0.1, -0.05) is 57.2 Å². The van der Waals surface area contributed by atoms with Crippen molar-refractivity contribution < 1.29 is 19.5 Å². The molecule has 0 spiro atoms. The van der Waals surface area contributed by atoms with Gasteiger partial charge in [-0.3, -0.25) is 10.2 Å². The molecule has 10 heteroatoms. The first kappa shape index (κ1) is 30.7. The number of aromatic nitrogens is 2. The fourth-order valence-electron chi connectivity index (χ4n) is 4.37. The Hall–Kier alpha value is -3.83. The Kier molecular flexibility index (Phi) is 10.7. The van der Waals surface area contributed by atoms with Crippen LogP contribution in [0.15, 0.2) is 54.6 Å². The monoisotopic (exact) mass is 548 g/mol. The van der Waals surface area contributed by atoms with E-state index in [1.54, 1.807) is 4.68 Å². The van der Waals surface area contributed by atoms with Gasteiger partial charge in [0.05, 0.1) is 25.0 Å². The molecule has 10 nitrogen and oxygen atoms in total. The molecular weight excluding hydrogens is 508 g/mol. The van der Waals surface area contributed by atoms with Crippen molar-refractivity contribution in [1.29, 1.82) is 0 Å². The van der Waals surface area contributed by atoms with E-state index in [0.717, 1.165) is 41.0 Å². The minimum absolute atomic E-state index is 0.211. The van der Waals surface area contributed by atoms with Crippen molar-refractivity contribution in [3.8, 4) is 5.69 Å². The zero-order valence-electron chi connectivity index (χ0n) is 23.9. The van der Waals surface area contributed by atoms with Crippen LogP contribution in [0.5, 0.6) is 0 Å². The number of aryl methyl sites for hydroxylation is 1. The van der Waals surface area contributed by atoms with Crippen LogP contribution in [0.3, 0.4) is 0 Å². The average molecular weight is 549 g/mol. The summed E-state index contributed by atoms with van der Waals surface area (Å²) >= 11 is 0. The third-order valence-electron chi connectivity index (χ3n) is 6.54. The predicted octanol–water partition coefficient (Wildman–Crippen LogP) is 4.49. The van der Waals surface area contributed by atoms with Gasteiger partial charge in [0.15, 0.2) is 0 Å². The van der Waals surface area contributed by atoms with Gasteiger partial charge in [0.1, 0.15) is 18.8 Å². The first-order valence-electron chi connectivity index (χ1n) is 13.1. The number of carbonyl (C=O) groups is 2. The zero-order chi connectivity index (χ0) is 29.3. The standard InChI is InChI=1S/C29H38N6O3.CH2O/c1-29(2,3)25-17-26(32-28(37)31-24-15-9-12-21-11-6-7-14-23(21)24)35(33-25)22-13-8-10-20(16-22)19-34(4)27(36)18-30-38-5;1-2/h7-10,12-17,27,30,36H,6,11,18-19H2,1-5H3,(H2,31,32,37);1H2. The van der Waals surface area contributed by atoms with Gasteiger partial charge in [-0.15, -0.1) is 0 Å². The molecule has 1 heterocycles. The van der Waals surface area contributed by atoms with Crippen LogP contribution >= 0.6 is 0 Å². The van der Waals surface area contributed by atoms with Crippen molar-refractivity contribution in [2.24, 2.45) is 0 Å². The van der Waals surface area contributed by atoms with Gasteiger partial charge < -0.3 is 20.1 Å². The summed E-state index contributed by atoms with van der Waals surface area (Å²) in [5.74, 6) is 0.572. The molecule has 1 aromatic heterocycles. The van der Waals surface area contributed by atoms with Crippen LogP contribution in [0.4, 0.5) is 16.3 Å². The molecule has 214 valence electrons. The molecule has 0 aliphatic heterocycles. The molecular formula is C30H40N6O4. The third-order valence-corrected chi connectivity index (χ3v) is 6.54. The first-order chi connectivity index (χ1) is 19.2. The van der Waals surface area contributed by atoms with E-state index in [1.165, 1.54) is 12.7 Å². The number of benzene rings is 2. The van der Waals surface area contributed by atoms with E-state index < -0.39 is 6.23 Å². The lowest BCUT2D eigenvalue weighted by Crippen LogP contribution is -2.39. The van der Waals surface area contributed by atoms with Crippen LogP contribution < -0.4 is 16.1 Å². The second-order valence-corrected chi connectivity index (χ2v) is 10.6. The Morgan fingerprint density at radius 1 is 1.18 bits per heavy atom. The summed E-state index contributed by atoms with van der Waals surface area (Å²) in [4.78, 5) is 27.8. The molecule has 40 heavy (non-hydrogen) atoms. The number of fused-ring (bicyclic) bond motifs is 1. The van der Waals surface area contributed by atoms with Crippen LogP contribution in [-0.2, 0) is 28.0 Å². The fourth-order valence-corrected chi connectivity index (χ4v) is 4.37. The highest BCUT2D eigenvalue weighted by Crippen LogP contribution is 2.29. The van der Waals surface area contributed by atoms with E-state index in [9.17, 15) is 9.90 Å². The van der Waals surface area contributed by atoms with Crippen molar-refractivity contribution in [2.75, 3.05) is 31.3 Å². The number of nitrogens with one attached hydrogen (secondary N) is 3. The minimum atomic E-state index is -0.713. The molecule has 4 rings (SSSR count). The maximum Gasteiger partial charge on any atom is 0.324 e. The topological polar surface area (TPSA) is 121 Å². The van der Waals surface area contributed by atoms with Gasteiger partial charge in [-0.25, -0.2) is 9.48 Å². The minimum Gasteiger partial charge on any atom is -0.377 e. The van der Waals surface area contributed by atoms with Gasteiger partial charge >= 0.3 is 6.03 Å². The van der Waals surface area contributed by atoms with Crippen LogP contribution in [0.25, 0.3) is 11.8 Å². The molecule has 2 aromatic carbocycles. The molecule has 1 atom stereocenters. The molecule has 0 fully saturated rings. The number of rotatable bonds is 9. The Morgan fingerprint density at radius 2 is 1.93 bits per heavy atom. The molecule has 1 aliphatic carbocycles. The van der Waals surface area contributed by atoms with Crippen molar-refractivity contribution in [1.82, 2.24) is 20.2 Å².